The summed E-state index contributed by atoms with van der Waals surface area (Å²) in [6.07, 6.45) is 28.9. The molecular formula is C32H66O4S4. The van der Waals surface area contributed by atoms with Crippen LogP contribution >= 0.6 is 41.2 Å². The minimum atomic E-state index is -0.0207. The molecule has 0 saturated heterocycles. The second-order valence-corrected chi connectivity index (χ2v) is 17.5. The molecule has 4 nitrogen and oxygen atoms in total. The second-order valence-electron chi connectivity index (χ2n) is 11.1. The zero-order chi connectivity index (χ0) is 29.5. The Morgan fingerprint density at radius 2 is 0.650 bits per heavy atom. The molecule has 8 heteroatoms. The van der Waals surface area contributed by atoms with Gasteiger partial charge in [-0.1, -0.05) is 125 Å². The molecule has 0 bridgehead atoms. The summed E-state index contributed by atoms with van der Waals surface area (Å²) in [5.74, 6) is 0. The van der Waals surface area contributed by atoms with Crippen LogP contribution in [0.4, 0.5) is 0 Å². The average molecular weight is 643 g/mol. The second kappa shape index (κ2) is 33.1. The molecular weight excluding hydrogens is 577 g/mol. The normalized spacial score (nSPS) is 13.5. The smallest absolute Gasteiger partial charge is 0.156 e. The maximum atomic E-state index is 5.27. The Labute approximate surface area is 265 Å². The summed E-state index contributed by atoms with van der Waals surface area (Å²) in [6, 6.07) is 0. The number of methoxy groups -OCH3 is 4. The van der Waals surface area contributed by atoms with E-state index in [1.54, 1.807) is 28.4 Å². The van der Waals surface area contributed by atoms with Gasteiger partial charge in [-0.25, -0.2) is 0 Å². The van der Waals surface area contributed by atoms with Crippen molar-refractivity contribution >= 4 is 41.2 Å². The molecule has 0 aromatic heterocycles. The van der Waals surface area contributed by atoms with Crippen molar-refractivity contribution in [2.24, 2.45) is 0 Å². The maximum absolute atomic E-state index is 5.27. The van der Waals surface area contributed by atoms with Gasteiger partial charge in [0.1, 0.15) is 0 Å². The molecule has 0 heterocycles. The highest BCUT2D eigenvalue weighted by Crippen LogP contribution is 2.49. The topological polar surface area (TPSA) is 36.9 Å². The quantitative estimate of drug-likeness (QED) is 0.0397. The van der Waals surface area contributed by atoms with Gasteiger partial charge < -0.3 is 18.9 Å². The lowest BCUT2D eigenvalue weighted by Crippen LogP contribution is -2.12. The summed E-state index contributed by atoms with van der Waals surface area (Å²) in [5.41, 5.74) is 0. The molecule has 0 radical (unpaired) electrons. The van der Waals surface area contributed by atoms with Crippen LogP contribution in [0, 0.1) is 0 Å². The van der Waals surface area contributed by atoms with Gasteiger partial charge in [0, 0.05) is 38.9 Å². The molecule has 0 amide bonds. The number of hydrogen-bond donors (Lipinski definition) is 0. The fourth-order valence-electron chi connectivity index (χ4n) is 5.07. The van der Waals surface area contributed by atoms with Crippen LogP contribution in [0.2, 0.25) is 0 Å². The Kier molecular flexibility index (Phi) is 34.2. The molecule has 0 aliphatic rings. The van der Waals surface area contributed by atoms with Crippen LogP contribution in [0.15, 0.2) is 0 Å². The highest BCUT2D eigenvalue weighted by molar-refractivity contribution is 9.26. The van der Waals surface area contributed by atoms with Crippen LogP contribution in [-0.2, 0) is 18.9 Å². The van der Waals surface area contributed by atoms with E-state index < -0.39 is 0 Å². The Balaban J connectivity index is 3.81. The van der Waals surface area contributed by atoms with Crippen LogP contribution in [-0.4, -0.2) is 51.5 Å². The number of rotatable bonds is 33. The monoisotopic (exact) mass is 642 g/mol. The van der Waals surface area contributed by atoms with Crippen LogP contribution in [0.5, 0.6) is 0 Å². The molecule has 242 valence electrons. The van der Waals surface area contributed by atoms with Crippen molar-refractivity contribution < 1.29 is 18.9 Å². The van der Waals surface area contributed by atoms with Gasteiger partial charge in [-0.15, -0.1) is 0 Å². The first-order valence-corrected chi connectivity index (χ1v) is 21.4. The third-order valence-electron chi connectivity index (χ3n) is 7.58. The Morgan fingerprint density at radius 1 is 0.375 bits per heavy atom. The molecule has 0 saturated carbocycles. The molecule has 0 spiro atoms. The number of ether oxygens (including phenoxy) is 4. The predicted molar refractivity (Wildman–Crippen MR) is 186 cm³/mol. The largest absolute Gasteiger partial charge is 0.356 e. The molecule has 2 atom stereocenters. The molecule has 0 fully saturated rings. The van der Waals surface area contributed by atoms with Crippen molar-refractivity contribution in [3.63, 3.8) is 0 Å². The van der Waals surface area contributed by atoms with Gasteiger partial charge in [0.05, 0.1) is 0 Å². The van der Waals surface area contributed by atoms with E-state index in [4.69, 9.17) is 18.9 Å². The van der Waals surface area contributed by atoms with E-state index in [1.165, 1.54) is 128 Å². The first kappa shape index (κ1) is 41.2. The van der Waals surface area contributed by atoms with Gasteiger partial charge in [-0.2, -0.15) is 0 Å². The summed E-state index contributed by atoms with van der Waals surface area (Å²) in [7, 11) is 15.3. The highest BCUT2D eigenvalue weighted by atomic mass is 33.7. The minimum absolute atomic E-state index is 0.0207. The van der Waals surface area contributed by atoms with Crippen molar-refractivity contribution in [3.8, 4) is 0 Å². The van der Waals surface area contributed by atoms with Crippen molar-refractivity contribution in [2.45, 2.75) is 178 Å². The molecule has 0 aliphatic heterocycles. The highest BCUT2D eigenvalue weighted by Gasteiger charge is 2.13. The van der Waals surface area contributed by atoms with E-state index in [2.05, 4.69) is 55.1 Å². The summed E-state index contributed by atoms with van der Waals surface area (Å²) in [4.78, 5) is 0. The summed E-state index contributed by atoms with van der Waals surface area (Å²) >= 11 is 0. The van der Waals surface area contributed by atoms with Crippen molar-refractivity contribution in [1.29, 1.82) is 0 Å². The number of hydrogen-bond acceptors (Lipinski definition) is 8. The van der Waals surface area contributed by atoms with Gasteiger partial charge in [0.25, 0.3) is 0 Å². The van der Waals surface area contributed by atoms with E-state index in [0.717, 1.165) is 23.3 Å². The van der Waals surface area contributed by atoms with Gasteiger partial charge >= 0.3 is 0 Å². The van der Waals surface area contributed by atoms with Gasteiger partial charge in [0.15, 0.2) is 12.6 Å². The van der Waals surface area contributed by atoms with Crippen LogP contribution in [0.1, 0.15) is 155 Å². The standard InChI is InChI=1S/C32H66O4S4/c1-7-23-29(25-19-15-11-9-13-17-21-27-31(33-3)34-4)37-39-40-38-30(24-8-2)26-20-16-12-10-14-18-22-28-32(35-5)36-6/h29-32H,7-28H2,1-6H3. The average Bonchev–Trinajstić information content (AvgIpc) is 2.97. The fourth-order valence-corrected chi connectivity index (χ4v) is 12.9. The summed E-state index contributed by atoms with van der Waals surface area (Å²) in [5, 5.41) is 1.64. The molecule has 0 N–H and O–H groups in total. The molecule has 40 heavy (non-hydrogen) atoms. The Morgan fingerprint density at radius 3 is 0.925 bits per heavy atom. The van der Waals surface area contributed by atoms with E-state index >= 15 is 0 Å². The maximum Gasteiger partial charge on any atom is 0.156 e. The van der Waals surface area contributed by atoms with Crippen LogP contribution < -0.4 is 0 Å². The third-order valence-corrected chi connectivity index (χ3v) is 15.0. The lowest BCUT2D eigenvalue weighted by molar-refractivity contribution is -0.107. The summed E-state index contributed by atoms with van der Waals surface area (Å²) < 4.78 is 21.1. The predicted octanol–water partition coefficient (Wildman–Crippen LogP) is 12.3. The zero-order valence-corrected chi connectivity index (χ0v) is 30.4. The Hall–Kier alpha value is 1.24. The van der Waals surface area contributed by atoms with Crippen LogP contribution in [0.25, 0.3) is 0 Å². The van der Waals surface area contributed by atoms with Gasteiger partial charge in [0.2, 0.25) is 0 Å². The van der Waals surface area contributed by atoms with E-state index in [9.17, 15) is 0 Å². The van der Waals surface area contributed by atoms with Crippen molar-refractivity contribution in [1.82, 2.24) is 0 Å². The molecule has 0 aromatic carbocycles. The number of unbranched alkanes of at least 4 members (excludes halogenated alkanes) is 12. The van der Waals surface area contributed by atoms with E-state index in [1.807, 2.05) is 0 Å². The van der Waals surface area contributed by atoms with E-state index in [-0.39, 0.29) is 12.6 Å². The van der Waals surface area contributed by atoms with Gasteiger partial charge in [-0.05, 0) is 71.0 Å². The first-order chi connectivity index (χ1) is 19.6. The first-order valence-electron chi connectivity index (χ1n) is 16.4. The van der Waals surface area contributed by atoms with Crippen molar-refractivity contribution in [2.75, 3.05) is 28.4 Å². The van der Waals surface area contributed by atoms with E-state index in [0.29, 0.717) is 0 Å². The summed E-state index contributed by atoms with van der Waals surface area (Å²) in [6.45, 7) is 4.68. The van der Waals surface area contributed by atoms with Gasteiger partial charge in [-0.3, -0.25) is 0 Å². The van der Waals surface area contributed by atoms with Crippen molar-refractivity contribution in [3.05, 3.63) is 0 Å². The Bertz CT molecular complexity index is 440. The SMILES string of the molecule is CCCC(CCCCCCCCCC(OC)OC)SSSSC(CCC)CCCCCCCCCC(OC)OC. The minimum Gasteiger partial charge on any atom is -0.356 e. The molecule has 0 aliphatic carbocycles. The fraction of sp³-hybridized carbons (Fsp3) is 1.00. The lowest BCUT2D eigenvalue weighted by atomic mass is 10.0. The molecule has 0 aromatic rings. The zero-order valence-electron chi connectivity index (χ0n) is 27.1. The molecule has 2 unspecified atom stereocenters. The molecule has 0 rings (SSSR count). The lowest BCUT2D eigenvalue weighted by Gasteiger charge is -2.17. The van der Waals surface area contributed by atoms with Crippen LogP contribution in [0.3, 0.4) is 0 Å². The third kappa shape index (κ3) is 26.8.